The van der Waals surface area contributed by atoms with Crippen LogP contribution in [0.4, 0.5) is 4.79 Å². The zero-order chi connectivity index (χ0) is 24.8. The molecule has 0 aliphatic heterocycles. The van der Waals surface area contributed by atoms with Crippen LogP contribution in [0.1, 0.15) is 62.5 Å². The fourth-order valence-electron chi connectivity index (χ4n) is 5.26. The molecule has 0 radical (unpaired) electrons. The van der Waals surface area contributed by atoms with Crippen molar-refractivity contribution in [3.05, 3.63) is 59.7 Å². The Bertz CT molecular complexity index is 1020. The van der Waals surface area contributed by atoms with E-state index in [1.165, 1.54) is 22.3 Å². The van der Waals surface area contributed by atoms with Crippen LogP contribution in [0, 0.1) is 11.8 Å². The van der Waals surface area contributed by atoms with Crippen molar-refractivity contribution in [2.75, 3.05) is 13.2 Å². The number of carboxylic acids is 1. The fourth-order valence-corrected chi connectivity index (χ4v) is 5.26. The highest BCUT2D eigenvalue weighted by molar-refractivity contribution is 5.80. The zero-order valence-corrected chi connectivity index (χ0v) is 20.2. The summed E-state index contributed by atoms with van der Waals surface area (Å²) in [7, 11) is 0. The van der Waals surface area contributed by atoms with Gasteiger partial charge in [-0.2, -0.15) is 0 Å². The van der Waals surface area contributed by atoms with Gasteiger partial charge in [-0.3, -0.25) is 9.59 Å². The third-order valence-electron chi connectivity index (χ3n) is 7.19. The van der Waals surface area contributed by atoms with E-state index in [1.807, 2.05) is 31.2 Å². The number of carboxylic acid groups (broad SMARTS) is 1. The SMILES string of the molecule is CC(CCC(=O)O)CNC(=O)[C@@H]1CCC[C@H](NC(=O)OCC2c3ccccc3-c3ccccc32)C1. The second-order valence-corrected chi connectivity index (χ2v) is 9.81. The second kappa shape index (κ2) is 11.4. The number of aliphatic carboxylic acids is 1. The summed E-state index contributed by atoms with van der Waals surface area (Å²) in [5.41, 5.74) is 4.73. The second-order valence-electron chi connectivity index (χ2n) is 9.81. The average molecular weight is 479 g/mol. The molecule has 0 heterocycles. The number of carbonyl (C=O) groups excluding carboxylic acids is 2. The predicted molar refractivity (Wildman–Crippen MR) is 133 cm³/mol. The van der Waals surface area contributed by atoms with E-state index in [2.05, 4.69) is 34.9 Å². The summed E-state index contributed by atoms with van der Waals surface area (Å²) < 4.78 is 5.66. The third kappa shape index (κ3) is 6.21. The smallest absolute Gasteiger partial charge is 0.407 e. The van der Waals surface area contributed by atoms with Gasteiger partial charge < -0.3 is 20.5 Å². The molecule has 2 aliphatic rings. The first kappa shape index (κ1) is 24.8. The molecule has 7 nitrogen and oxygen atoms in total. The van der Waals surface area contributed by atoms with E-state index < -0.39 is 12.1 Å². The Labute approximate surface area is 206 Å². The molecule has 0 aromatic heterocycles. The third-order valence-corrected chi connectivity index (χ3v) is 7.19. The molecule has 0 saturated heterocycles. The molecule has 1 unspecified atom stereocenters. The number of rotatable bonds is 9. The van der Waals surface area contributed by atoms with Gasteiger partial charge in [-0.05, 0) is 53.9 Å². The molecule has 2 amide bonds. The topological polar surface area (TPSA) is 105 Å². The van der Waals surface area contributed by atoms with E-state index >= 15 is 0 Å². The summed E-state index contributed by atoms with van der Waals surface area (Å²) in [5.74, 6) is -0.882. The van der Waals surface area contributed by atoms with E-state index in [0.717, 1.165) is 19.3 Å². The van der Waals surface area contributed by atoms with E-state index in [-0.39, 0.29) is 42.7 Å². The molecule has 1 saturated carbocycles. The van der Waals surface area contributed by atoms with Crippen LogP contribution in [0.5, 0.6) is 0 Å². The number of hydrogen-bond donors (Lipinski definition) is 3. The molecule has 3 atom stereocenters. The van der Waals surface area contributed by atoms with Gasteiger partial charge in [0.1, 0.15) is 6.61 Å². The number of amides is 2. The largest absolute Gasteiger partial charge is 0.481 e. The van der Waals surface area contributed by atoms with E-state index in [9.17, 15) is 14.4 Å². The molecule has 0 bridgehead atoms. The van der Waals surface area contributed by atoms with Crippen molar-refractivity contribution in [1.29, 1.82) is 0 Å². The first-order chi connectivity index (χ1) is 16.9. The Morgan fingerprint density at radius 1 is 1.03 bits per heavy atom. The Morgan fingerprint density at radius 3 is 2.34 bits per heavy atom. The molecule has 4 rings (SSSR count). The monoisotopic (exact) mass is 478 g/mol. The van der Waals surface area contributed by atoms with Gasteiger partial charge in [0.05, 0.1) is 0 Å². The average Bonchev–Trinajstić information content (AvgIpc) is 3.18. The van der Waals surface area contributed by atoms with Gasteiger partial charge in [-0.1, -0.05) is 61.9 Å². The zero-order valence-electron chi connectivity index (χ0n) is 20.2. The van der Waals surface area contributed by atoms with Gasteiger partial charge in [-0.25, -0.2) is 4.79 Å². The number of alkyl carbamates (subject to hydrolysis) is 1. The summed E-state index contributed by atoms with van der Waals surface area (Å²) in [4.78, 5) is 36.0. The summed E-state index contributed by atoms with van der Waals surface area (Å²) in [6.45, 7) is 2.67. The van der Waals surface area contributed by atoms with Crippen LogP contribution in [0.25, 0.3) is 11.1 Å². The molecule has 7 heteroatoms. The lowest BCUT2D eigenvalue weighted by Gasteiger charge is -2.29. The van der Waals surface area contributed by atoms with Gasteiger partial charge in [-0.15, -0.1) is 0 Å². The summed E-state index contributed by atoms with van der Waals surface area (Å²) in [6, 6.07) is 16.4. The van der Waals surface area contributed by atoms with Crippen molar-refractivity contribution in [3.63, 3.8) is 0 Å². The molecular formula is C28H34N2O5. The van der Waals surface area contributed by atoms with Crippen LogP contribution in [-0.4, -0.2) is 42.3 Å². The molecule has 2 aliphatic carbocycles. The highest BCUT2D eigenvalue weighted by Gasteiger charge is 2.31. The molecule has 2 aromatic rings. The lowest BCUT2D eigenvalue weighted by atomic mass is 9.85. The lowest BCUT2D eigenvalue weighted by molar-refractivity contribution is -0.137. The molecule has 0 spiro atoms. The minimum absolute atomic E-state index is 0.0150. The molecule has 35 heavy (non-hydrogen) atoms. The number of carbonyl (C=O) groups is 3. The van der Waals surface area contributed by atoms with Crippen LogP contribution in [0.2, 0.25) is 0 Å². The summed E-state index contributed by atoms with van der Waals surface area (Å²) in [6.07, 6.45) is 3.25. The Balaban J connectivity index is 1.25. The minimum Gasteiger partial charge on any atom is -0.481 e. The van der Waals surface area contributed by atoms with Crippen molar-refractivity contribution in [1.82, 2.24) is 10.6 Å². The molecular weight excluding hydrogens is 444 g/mol. The normalized spacial score (nSPS) is 19.8. The maximum Gasteiger partial charge on any atom is 0.407 e. The number of nitrogens with one attached hydrogen (secondary N) is 2. The summed E-state index contributed by atoms with van der Waals surface area (Å²) in [5, 5.41) is 14.7. The van der Waals surface area contributed by atoms with E-state index in [0.29, 0.717) is 19.4 Å². The van der Waals surface area contributed by atoms with Crippen LogP contribution in [0.3, 0.4) is 0 Å². The maximum absolute atomic E-state index is 12.6. The van der Waals surface area contributed by atoms with Gasteiger partial charge in [0.25, 0.3) is 0 Å². The molecule has 186 valence electrons. The highest BCUT2D eigenvalue weighted by Crippen LogP contribution is 2.44. The van der Waals surface area contributed by atoms with Crippen molar-refractivity contribution < 1.29 is 24.2 Å². The lowest BCUT2D eigenvalue weighted by Crippen LogP contribution is -2.43. The number of benzene rings is 2. The van der Waals surface area contributed by atoms with E-state index in [1.54, 1.807) is 0 Å². The predicted octanol–water partition coefficient (Wildman–Crippen LogP) is 4.70. The van der Waals surface area contributed by atoms with Crippen molar-refractivity contribution in [3.8, 4) is 11.1 Å². The Kier molecular flexibility index (Phi) is 8.06. The standard InChI is InChI=1S/C28H34N2O5/c1-18(13-14-26(31)32)16-29-27(33)19-7-6-8-20(15-19)30-28(34)35-17-25-23-11-4-2-9-21(23)22-10-3-5-12-24(22)25/h2-5,9-12,18-20,25H,6-8,13-17H2,1H3,(H,29,33)(H,30,34)(H,31,32)/t18?,19-,20+/m1/s1. The maximum atomic E-state index is 12.6. The van der Waals surface area contributed by atoms with Crippen LogP contribution < -0.4 is 10.6 Å². The highest BCUT2D eigenvalue weighted by atomic mass is 16.5. The number of hydrogen-bond acceptors (Lipinski definition) is 4. The molecule has 3 N–H and O–H groups in total. The van der Waals surface area contributed by atoms with Crippen molar-refractivity contribution >= 4 is 18.0 Å². The first-order valence-corrected chi connectivity index (χ1v) is 12.5. The minimum atomic E-state index is -0.822. The fraction of sp³-hybridized carbons (Fsp3) is 0.464. The summed E-state index contributed by atoms with van der Waals surface area (Å²) >= 11 is 0. The van der Waals surface area contributed by atoms with Crippen molar-refractivity contribution in [2.45, 2.75) is 57.4 Å². The van der Waals surface area contributed by atoms with Crippen molar-refractivity contribution in [2.24, 2.45) is 11.8 Å². The van der Waals surface area contributed by atoms with Gasteiger partial charge in [0.15, 0.2) is 0 Å². The van der Waals surface area contributed by atoms with Crippen LogP contribution in [-0.2, 0) is 14.3 Å². The number of fused-ring (bicyclic) bond motifs is 3. The first-order valence-electron chi connectivity index (χ1n) is 12.5. The van der Waals surface area contributed by atoms with E-state index in [4.69, 9.17) is 9.84 Å². The number of ether oxygens (including phenoxy) is 1. The Hall–Kier alpha value is -3.35. The Morgan fingerprint density at radius 2 is 1.69 bits per heavy atom. The molecule has 2 aromatic carbocycles. The van der Waals surface area contributed by atoms with Gasteiger partial charge in [0.2, 0.25) is 5.91 Å². The molecule has 1 fully saturated rings. The quantitative estimate of drug-likeness (QED) is 0.485. The van der Waals surface area contributed by atoms with Gasteiger partial charge >= 0.3 is 12.1 Å². The van der Waals surface area contributed by atoms with Crippen LogP contribution >= 0.6 is 0 Å². The van der Waals surface area contributed by atoms with Gasteiger partial charge in [0, 0.05) is 30.8 Å². The van der Waals surface area contributed by atoms with Crippen LogP contribution in [0.15, 0.2) is 48.5 Å².